The lowest BCUT2D eigenvalue weighted by molar-refractivity contribution is -0.140. The first-order valence-corrected chi connectivity index (χ1v) is 7.17. The van der Waals surface area contributed by atoms with E-state index in [0.717, 1.165) is 12.2 Å². The van der Waals surface area contributed by atoms with E-state index in [1.54, 1.807) is 7.11 Å². The average Bonchev–Trinajstić information content (AvgIpc) is 3.28. The van der Waals surface area contributed by atoms with Crippen LogP contribution in [-0.2, 0) is 9.59 Å². The van der Waals surface area contributed by atoms with Gasteiger partial charge in [-0.15, -0.1) is 0 Å². The van der Waals surface area contributed by atoms with Crippen molar-refractivity contribution < 1.29 is 19.4 Å². The van der Waals surface area contributed by atoms with Crippen LogP contribution in [0.1, 0.15) is 31.2 Å². The van der Waals surface area contributed by atoms with Crippen molar-refractivity contribution in [3.8, 4) is 5.75 Å². The van der Waals surface area contributed by atoms with Crippen molar-refractivity contribution in [3.05, 3.63) is 29.8 Å². The number of carbonyl (C=O) groups is 2. The second kappa shape index (κ2) is 6.61. The molecule has 0 radical (unpaired) electrons. The third-order valence-corrected chi connectivity index (χ3v) is 4.01. The molecular weight excluding hydrogens is 270 g/mol. The maximum Gasteiger partial charge on any atom is 0.307 e. The summed E-state index contributed by atoms with van der Waals surface area (Å²) in [7, 11) is 1.64. The number of rotatable bonds is 7. The quantitative estimate of drug-likeness (QED) is 0.806. The molecule has 2 rings (SSSR count). The zero-order valence-corrected chi connectivity index (χ0v) is 12.3. The van der Waals surface area contributed by atoms with Gasteiger partial charge in [-0.3, -0.25) is 9.59 Å². The lowest BCUT2D eigenvalue weighted by Crippen LogP contribution is -2.28. The molecule has 5 nitrogen and oxygen atoms in total. The number of carboxylic acids is 1. The molecule has 3 atom stereocenters. The Labute approximate surface area is 124 Å². The van der Waals surface area contributed by atoms with Gasteiger partial charge in [0.05, 0.1) is 18.9 Å². The minimum absolute atomic E-state index is 0.135. The SMILES string of the molecule is COc1ccc(C(C)CCNC(=O)C2CC2C(=O)O)cc1. The van der Waals surface area contributed by atoms with E-state index in [1.807, 2.05) is 24.3 Å². The standard InChI is InChI=1S/C16H21NO4/c1-10(11-3-5-12(21-2)6-4-11)7-8-17-15(18)13-9-14(13)16(19)20/h3-6,10,13-14H,7-9H2,1-2H3,(H,17,18)(H,19,20). The van der Waals surface area contributed by atoms with Crippen LogP contribution in [0, 0.1) is 11.8 Å². The minimum Gasteiger partial charge on any atom is -0.497 e. The molecule has 2 N–H and O–H groups in total. The summed E-state index contributed by atoms with van der Waals surface area (Å²) in [5, 5.41) is 11.6. The Hall–Kier alpha value is -2.04. The highest BCUT2D eigenvalue weighted by atomic mass is 16.5. The molecule has 1 aromatic carbocycles. The number of amides is 1. The summed E-state index contributed by atoms with van der Waals surface area (Å²) in [5.41, 5.74) is 1.19. The van der Waals surface area contributed by atoms with Gasteiger partial charge in [0.25, 0.3) is 0 Å². The summed E-state index contributed by atoms with van der Waals surface area (Å²) < 4.78 is 5.12. The zero-order chi connectivity index (χ0) is 15.4. The van der Waals surface area contributed by atoms with Gasteiger partial charge in [0.2, 0.25) is 5.91 Å². The Morgan fingerprint density at radius 1 is 1.33 bits per heavy atom. The van der Waals surface area contributed by atoms with Crippen molar-refractivity contribution in [3.63, 3.8) is 0 Å². The van der Waals surface area contributed by atoms with Crippen molar-refractivity contribution in [2.75, 3.05) is 13.7 Å². The predicted molar refractivity (Wildman–Crippen MR) is 78.3 cm³/mol. The van der Waals surface area contributed by atoms with E-state index in [9.17, 15) is 9.59 Å². The summed E-state index contributed by atoms with van der Waals surface area (Å²) in [6.07, 6.45) is 1.29. The van der Waals surface area contributed by atoms with Crippen LogP contribution < -0.4 is 10.1 Å². The normalized spacial score (nSPS) is 21.4. The molecular formula is C16H21NO4. The van der Waals surface area contributed by atoms with Crippen LogP contribution in [0.3, 0.4) is 0 Å². The van der Waals surface area contributed by atoms with E-state index in [4.69, 9.17) is 9.84 Å². The van der Waals surface area contributed by atoms with E-state index in [-0.39, 0.29) is 11.8 Å². The second-order valence-electron chi connectivity index (χ2n) is 5.54. The lowest BCUT2D eigenvalue weighted by Gasteiger charge is -2.13. The first kappa shape index (κ1) is 15.4. The van der Waals surface area contributed by atoms with Crippen LogP contribution in [0.4, 0.5) is 0 Å². The van der Waals surface area contributed by atoms with E-state index in [2.05, 4.69) is 12.2 Å². The largest absolute Gasteiger partial charge is 0.497 e. The number of carboxylic acid groups (broad SMARTS) is 1. The molecule has 3 unspecified atom stereocenters. The highest BCUT2D eigenvalue weighted by Crippen LogP contribution is 2.38. The molecule has 1 aliphatic carbocycles. The smallest absolute Gasteiger partial charge is 0.307 e. The molecule has 21 heavy (non-hydrogen) atoms. The van der Waals surface area contributed by atoms with E-state index >= 15 is 0 Å². The van der Waals surface area contributed by atoms with Gasteiger partial charge in [-0.2, -0.15) is 0 Å². The summed E-state index contributed by atoms with van der Waals surface area (Å²) in [5.74, 6) is -0.674. The van der Waals surface area contributed by atoms with Gasteiger partial charge in [0.1, 0.15) is 5.75 Å². The number of benzene rings is 1. The molecule has 0 aromatic heterocycles. The van der Waals surface area contributed by atoms with Gasteiger partial charge < -0.3 is 15.2 Å². The molecule has 1 fully saturated rings. The van der Waals surface area contributed by atoms with Crippen LogP contribution in [0.25, 0.3) is 0 Å². The highest BCUT2D eigenvalue weighted by molar-refractivity contribution is 5.89. The number of methoxy groups -OCH3 is 1. The molecule has 1 amide bonds. The Bertz CT molecular complexity index is 512. The number of hydrogen-bond donors (Lipinski definition) is 2. The number of ether oxygens (including phenoxy) is 1. The molecule has 0 aliphatic heterocycles. The third-order valence-electron chi connectivity index (χ3n) is 4.01. The summed E-state index contributed by atoms with van der Waals surface area (Å²) in [6, 6.07) is 7.89. The monoisotopic (exact) mass is 291 g/mol. The first-order chi connectivity index (χ1) is 10.0. The van der Waals surface area contributed by atoms with Crippen molar-refractivity contribution in [2.45, 2.75) is 25.7 Å². The number of carbonyl (C=O) groups excluding carboxylic acids is 1. The Morgan fingerprint density at radius 3 is 2.52 bits per heavy atom. The summed E-state index contributed by atoms with van der Waals surface area (Å²) in [4.78, 5) is 22.4. The maximum atomic E-state index is 11.7. The molecule has 0 heterocycles. The molecule has 0 saturated heterocycles. The molecule has 0 bridgehead atoms. The van der Waals surface area contributed by atoms with Crippen LogP contribution in [0.5, 0.6) is 5.75 Å². The molecule has 114 valence electrons. The molecule has 1 saturated carbocycles. The first-order valence-electron chi connectivity index (χ1n) is 7.17. The van der Waals surface area contributed by atoms with Crippen LogP contribution in [0.15, 0.2) is 24.3 Å². The van der Waals surface area contributed by atoms with Crippen LogP contribution in [0.2, 0.25) is 0 Å². The van der Waals surface area contributed by atoms with Gasteiger partial charge in [-0.1, -0.05) is 19.1 Å². The van der Waals surface area contributed by atoms with Gasteiger partial charge in [-0.25, -0.2) is 0 Å². The Kier molecular flexibility index (Phi) is 4.83. The highest BCUT2D eigenvalue weighted by Gasteiger charge is 2.48. The Balaban J connectivity index is 1.73. The van der Waals surface area contributed by atoms with Gasteiger partial charge in [-0.05, 0) is 36.5 Å². The fourth-order valence-electron chi connectivity index (χ4n) is 2.40. The van der Waals surface area contributed by atoms with Crippen molar-refractivity contribution in [1.29, 1.82) is 0 Å². The summed E-state index contributed by atoms with van der Waals surface area (Å²) in [6.45, 7) is 2.67. The summed E-state index contributed by atoms with van der Waals surface area (Å²) >= 11 is 0. The molecule has 1 aliphatic rings. The third kappa shape index (κ3) is 3.97. The van der Waals surface area contributed by atoms with Crippen molar-refractivity contribution >= 4 is 11.9 Å². The van der Waals surface area contributed by atoms with Crippen LogP contribution >= 0.6 is 0 Å². The number of aliphatic carboxylic acids is 1. The Morgan fingerprint density at radius 2 is 2.00 bits per heavy atom. The minimum atomic E-state index is -0.873. The maximum absolute atomic E-state index is 11.7. The molecule has 5 heteroatoms. The van der Waals surface area contributed by atoms with Gasteiger partial charge >= 0.3 is 5.97 Å². The van der Waals surface area contributed by atoms with Crippen molar-refractivity contribution in [1.82, 2.24) is 5.32 Å². The predicted octanol–water partition coefficient (Wildman–Crippen LogP) is 2.03. The van der Waals surface area contributed by atoms with E-state index in [1.165, 1.54) is 5.56 Å². The lowest BCUT2D eigenvalue weighted by atomic mass is 9.98. The number of nitrogens with one attached hydrogen (secondary N) is 1. The van der Waals surface area contributed by atoms with Gasteiger partial charge in [0, 0.05) is 6.54 Å². The molecule has 1 aromatic rings. The fraction of sp³-hybridized carbons (Fsp3) is 0.500. The average molecular weight is 291 g/mol. The van der Waals surface area contributed by atoms with E-state index in [0.29, 0.717) is 18.9 Å². The zero-order valence-electron chi connectivity index (χ0n) is 12.3. The second-order valence-corrected chi connectivity index (χ2v) is 5.54. The topological polar surface area (TPSA) is 75.6 Å². The fourth-order valence-corrected chi connectivity index (χ4v) is 2.40. The van der Waals surface area contributed by atoms with E-state index < -0.39 is 11.9 Å². The number of hydrogen-bond acceptors (Lipinski definition) is 3. The van der Waals surface area contributed by atoms with Gasteiger partial charge in [0.15, 0.2) is 0 Å². The van der Waals surface area contributed by atoms with Crippen molar-refractivity contribution in [2.24, 2.45) is 11.8 Å². The van der Waals surface area contributed by atoms with Crippen LogP contribution in [-0.4, -0.2) is 30.6 Å². The molecule has 0 spiro atoms.